The van der Waals surface area contributed by atoms with Crippen molar-refractivity contribution >= 4 is 45.7 Å². The lowest BCUT2D eigenvalue weighted by molar-refractivity contribution is 0.0924. The van der Waals surface area contributed by atoms with Crippen molar-refractivity contribution in [2.24, 2.45) is 0 Å². The van der Waals surface area contributed by atoms with E-state index in [0.717, 1.165) is 39.0 Å². The van der Waals surface area contributed by atoms with Crippen molar-refractivity contribution in [2.75, 3.05) is 25.6 Å². The van der Waals surface area contributed by atoms with Gasteiger partial charge in [-0.25, -0.2) is 0 Å². The lowest BCUT2D eigenvalue weighted by atomic mass is 9.96. The van der Waals surface area contributed by atoms with Gasteiger partial charge in [-0.15, -0.1) is 0 Å². The predicted molar refractivity (Wildman–Crippen MR) is 143 cm³/mol. The molecular weight excluding hydrogens is 481 g/mol. The Labute approximate surface area is 214 Å². The fourth-order valence-corrected chi connectivity index (χ4v) is 5.17. The second-order valence-corrected chi connectivity index (χ2v) is 9.60. The molecule has 3 aromatic carbocycles. The van der Waals surface area contributed by atoms with Gasteiger partial charge in [0.05, 0.1) is 45.2 Å². The highest BCUT2D eigenvalue weighted by atomic mass is 35.5. The van der Waals surface area contributed by atoms with Crippen LogP contribution in [-0.2, 0) is 0 Å². The third-order valence-corrected chi connectivity index (χ3v) is 7.17. The number of para-hydroxylation sites is 2. The molecule has 0 bridgehead atoms. The number of hydrogen-bond donors (Lipinski definition) is 1. The van der Waals surface area contributed by atoms with Crippen LogP contribution in [0.15, 0.2) is 60.7 Å². The van der Waals surface area contributed by atoms with Crippen LogP contribution < -0.4 is 15.0 Å². The van der Waals surface area contributed by atoms with Crippen molar-refractivity contribution in [3.05, 3.63) is 87.5 Å². The summed E-state index contributed by atoms with van der Waals surface area (Å²) >= 11 is 12.9. The Balaban J connectivity index is 1.63. The molecule has 0 saturated heterocycles. The summed E-state index contributed by atoms with van der Waals surface area (Å²) < 4.78 is 5.77. The average Bonchev–Trinajstić information content (AvgIpc) is 2.84. The van der Waals surface area contributed by atoms with Gasteiger partial charge in [0.25, 0.3) is 5.91 Å². The normalized spacial score (nSPS) is 14.8. The first-order valence-electron chi connectivity index (χ1n) is 11.4. The van der Waals surface area contributed by atoms with E-state index in [1.165, 1.54) is 0 Å². The third-order valence-electron chi connectivity index (χ3n) is 6.35. The Morgan fingerprint density at radius 2 is 1.77 bits per heavy atom. The first-order valence-corrected chi connectivity index (χ1v) is 12.2. The zero-order valence-corrected chi connectivity index (χ0v) is 21.2. The quantitative estimate of drug-likeness (QED) is 0.330. The second-order valence-electron chi connectivity index (χ2n) is 8.82. The van der Waals surface area contributed by atoms with Crippen LogP contribution in [-0.4, -0.2) is 31.6 Å². The summed E-state index contributed by atoms with van der Waals surface area (Å²) in [5.41, 5.74) is 5.44. The van der Waals surface area contributed by atoms with Crippen LogP contribution in [0.3, 0.4) is 0 Å². The fraction of sp³-hybridized carbons (Fsp3) is 0.214. The summed E-state index contributed by atoms with van der Waals surface area (Å²) in [6.45, 7) is 2.43. The number of ether oxygens (including phenoxy) is 1. The van der Waals surface area contributed by atoms with Crippen LogP contribution in [0.1, 0.15) is 34.1 Å². The molecule has 0 fully saturated rings. The highest BCUT2D eigenvalue weighted by Gasteiger charge is 2.27. The van der Waals surface area contributed by atoms with E-state index >= 15 is 0 Å². The van der Waals surface area contributed by atoms with Crippen LogP contribution in [0, 0.1) is 6.92 Å². The molecule has 4 aromatic rings. The van der Waals surface area contributed by atoms with E-state index in [0.29, 0.717) is 34.3 Å². The summed E-state index contributed by atoms with van der Waals surface area (Å²) in [6.07, 6.45) is 0.706. The average molecular weight is 506 g/mol. The lowest BCUT2D eigenvalue weighted by Gasteiger charge is -2.28. The van der Waals surface area contributed by atoms with Gasteiger partial charge in [-0.05, 0) is 19.1 Å². The Hall–Kier alpha value is -3.28. The van der Waals surface area contributed by atoms with Gasteiger partial charge in [0.2, 0.25) is 0 Å². The predicted octanol–water partition coefficient (Wildman–Crippen LogP) is 6.84. The number of hydrogen-bond acceptors (Lipinski definition) is 4. The van der Waals surface area contributed by atoms with Gasteiger partial charge >= 0.3 is 0 Å². The molecule has 1 aliphatic heterocycles. The Morgan fingerprint density at radius 1 is 1.03 bits per heavy atom. The number of nitrogens with zero attached hydrogens (tertiary/aromatic N) is 2. The number of pyridine rings is 1. The van der Waals surface area contributed by atoms with Crippen LogP contribution in [0.25, 0.3) is 22.0 Å². The highest BCUT2D eigenvalue weighted by molar-refractivity contribution is 6.44. The van der Waals surface area contributed by atoms with Gasteiger partial charge in [0, 0.05) is 42.6 Å². The molecule has 5 nitrogen and oxygen atoms in total. The molecule has 1 aromatic heterocycles. The van der Waals surface area contributed by atoms with Crippen molar-refractivity contribution < 1.29 is 9.53 Å². The van der Waals surface area contributed by atoms with E-state index in [4.69, 9.17) is 32.9 Å². The molecule has 1 atom stereocenters. The zero-order valence-electron chi connectivity index (χ0n) is 19.7. The number of fused-ring (bicyclic) bond motifs is 2. The minimum atomic E-state index is -0.159. The van der Waals surface area contributed by atoms with E-state index in [1.807, 2.05) is 80.5 Å². The Morgan fingerprint density at radius 3 is 2.57 bits per heavy atom. The molecule has 178 valence electrons. The second kappa shape index (κ2) is 9.40. The van der Waals surface area contributed by atoms with E-state index in [1.54, 1.807) is 6.07 Å². The molecular formula is C28H25Cl2N3O2. The number of nitrogens with one attached hydrogen (secondary N) is 1. The van der Waals surface area contributed by atoms with Gasteiger partial charge in [0.1, 0.15) is 5.75 Å². The lowest BCUT2D eigenvalue weighted by Crippen LogP contribution is -2.33. The Kier molecular flexibility index (Phi) is 6.30. The van der Waals surface area contributed by atoms with Crippen LogP contribution in [0.4, 0.5) is 5.69 Å². The molecule has 1 unspecified atom stereocenters. The molecule has 1 amide bonds. The number of carbonyl (C=O) groups is 1. The van der Waals surface area contributed by atoms with E-state index < -0.39 is 0 Å². The number of amides is 1. The van der Waals surface area contributed by atoms with Crippen molar-refractivity contribution in [1.29, 1.82) is 0 Å². The van der Waals surface area contributed by atoms with Crippen molar-refractivity contribution in [3.8, 4) is 16.9 Å². The standard InChI is InChI=1S/C28H25Cl2N3O2/c1-16-24(28(34)32-22-14-15-35-23-13-5-4-8-19(22)23)27(33(2)3)20-11-6-10-18(26(20)31-16)17-9-7-12-21(29)25(17)30/h4-13,22H,14-15H2,1-3H3,(H,32,34). The summed E-state index contributed by atoms with van der Waals surface area (Å²) in [5.74, 6) is 0.654. The van der Waals surface area contributed by atoms with Crippen molar-refractivity contribution in [2.45, 2.75) is 19.4 Å². The number of rotatable bonds is 4. The summed E-state index contributed by atoms with van der Waals surface area (Å²) in [7, 11) is 3.88. The molecule has 0 radical (unpaired) electrons. The fourth-order valence-electron chi connectivity index (χ4n) is 4.77. The van der Waals surface area contributed by atoms with Gasteiger partial charge in [-0.3, -0.25) is 9.78 Å². The highest BCUT2D eigenvalue weighted by Crippen LogP contribution is 2.40. The Bertz CT molecular complexity index is 1450. The first-order chi connectivity index (χ1) is 16.9. The number of benzene rings is 3. The van der Waals surface area contributed by atoms with E-state index in [2.05, 4.69) is 5.32 Å². The van der Waals surface area contributed by atoms with Crippen LogP contribution >= 0.6 is 23.2 Å². The summed E-state index contributed by atoms with van der Waals surface area (Å²) in [6, 6.07) is 19.2. The number of anilines is 1. The topological polar surface area (TPSA) is 54.5 Å². The van der Waals surface area contributed by atoms with Gasteiger partial charge < -0.3 is 15.0 Å². The maximum atomic E-state index is 13.7. The molecule has 35 heavy (non-hydrogen) atoms. The number of aryl methyl sites for hydroxylation is 1. The van der Waals surface area contributed by atoms with Gasteiger partial charge in [-0.2, -0.15) is 0 Å². The molecule has 0 aliphatic carbocycles. The third kappa shape index (κ3) is 4.19. The van der Waals surface area contributed by atoms with E-state index in [9.17, 15) is 4.79 Å². The minimum absolute atomic E-state index is 0.130. The largest absolute Gasteiger partial charge is 0.493 e. The van der Waals surface area contributed by atoms with Crippen LogP contribution in [0.2, 0.25) is 10.0 Å². The van der Waals surface area contributed by atoms with Crippen LogP contribution in [0.5, 0.6) is 5.75 Å². The van der Waals surface area contributed by atoms with Crippen molar-refractivity contribution in [3.63, 3.8) is 0 Å². The number of carbonyl (C=O) groups excluding carboxylic acids is 1. The molecule has 1 aliphatic rings. The molecule has 0 spiro atoms. The van der Waals surface area contributed by atoms with Crippen molar-refractivity contribution in [1.82, 2.24) is 10.3 Å². The summed E-state index contributed by atoms with van der Waals surface area (Å²) in [5, 5.41) is 5.06. The first kappa shape index (κ1) is 23.5. The molecule has 0 saturated carbocycles. The molecule has 5 rings (SSSR count). The molecule has 7 heteroatoms. The SMILES string of the molecule is Cc1nc2c(-c3cccc(Cl)c3Cl)cccc2c(N(C)C)c1C(=O)NC1CCOc2ccccc21. The molecule has 1 N–H and O–H groups in total. The number of halogens is 2. The summed E-state index contributed by atoms with van der Waals surface area (Å²) in [4.78, 5) is 20.6. The van der Waals surface area contributed by atoms with E-state index in [-0.39, 0.29) is 11.9 Å². The molecule has 2 heterocycles. The monoisotopic (exact) mass is 505 g/mol. The maximum Gasteiger partial charge on any atom is 0.255 e. The smallest absolute Gasteiger partial charge is 0.255 e. The maximum absolute atomic E-state index is 13.7. The van der Waals surface area contributed by atoms with Gasteiger partial charge in [0.15, 0.2) is 0 Å². The minimum Gasteiger partial charge on any atom is -0.493 e. The zero-order chi connectivity index (χ0) is 24.7. The number of aromatic nitrogens is 1. The van der Waals surface area contributed by atoms with Gasteiger partial charge in [-0.1, -0.05) is 71.7 Å².